The standard InChI is InChI=1S/C28H24N6O2/c1-17-3-2-4-24(34-17)27-26(32-16-33-27)19-5-6-23-20(11-19)12-21(14-31-23)18-7-10-30-25(13-18)28(35)36-22-8-9-29-15-22/h2-7,10-14,16,22,29H,8-9,15H2,1H3,(H,32,33)/t22-/m1/s1. The summed E-state index contributed by atoms with van der Waals surface area (Å²) < 4.78 is 5.58. The van der Waals surface area contributed by atoms with E-state index in [2.05, 4.69) is 42.4 Å². The van der Waals surface area contributed by atoms with E-state index in [1.165, 1.54) is 0 Å². The second-order valence-electron chi connectivity index (χ2n) is 8.87. The van der Waals surface area contributed by atoms with Gasteiger partial charge in [0, 0.05) is 41.1 Å². The molecule has 1 aliphatic rings. The van der Waals surface area contributed by atoms with Crippen molar-refractivity contribution in [2.75, 3.05) is 13.1 Å². The maximum absolute atomic E-state index is 12.6. The minimum absolute atomic E-state index is 0.106. The zero-order valence-corrected chi connectivity index (χ0v) is 19.7. The Morgan fingerprint density at radius 1 is 1.00 bits per heavy atom. The van der Waals surface area contributed by atoms with Crippen molar-refractivity contribution >= 4 is 16.9 Å². The molecular formula is C28H24N6O2. The van der Waals surface area contributed by atoms with Crippen molar-refractivity contribution in [1.29, 1.82) is 0 Å². The lowest BCUT2D eigenvalue weighted by atomic mass is 10.0. The number of hydrogen-bond donors (Lipinski definition) is 2. The van der Waals surface area contributed by atoms with Crippen LogP contribution in [0.2, 0.25) is 0 Å². The number of imidazole rings is 1. The maximum atomic E-state index is 12.6. The molecule has 1 aliphatic heterocycles. The number of pyridine rings is 3. The predicted molar refractivity (Wildman–Crippen MR) is 137 cm³/mol. The van der Waals surface area contributed by atoms with E-state index >= 15 is 0 Å². The van der Waals surface area contributed by atoms with Crippen LogP contribution < -0.4 is 5.32 Å². The quantitative estimate of drug-likeness (QED) is 0.358. The van der Waals surface area contributed by atoms with E-state index in [1.807, 2.05) is 49.5 Å². The number of aryl methyl sites for hydroxylation is 1. The van der Waals surface area contributed by atoms with Gasteiger partial charge < -0.3 is 15.0 Å². The molecule has 0 bridgehead atoms. The van der Waals surface area contributed by atoms with Gasteiger partial charge in [-0.1, -0.05) is 12.1 Å². The number of carbonyl (C=O) groups excluding carboxylic acids is 1. The molecule has 0 unspecified atom stereocenters. The van der Waals surface area contributed by atoms with Gasteiger partial charge in [-0.2, -0.15) is 0 Å². The third-order valence-electron chi connectivity index (χ3n) is 6.33. The van der Waals surface area contributed by atoms with Gasteiger partial charge in [0.05, 0.1) is 28.9 Å². The Bertz CT molecular complexity index is 1570. The fraction of sp³-hybridized carbons (Fsp3) is 0.179. The van der Waals surface area contributed by atoms with Gasteiger partial charge in [-0.3, -0.25) is 9.97 Å². The highest BCUT2D eigenvalue weighted by atomic mass is 16.5. The summed E-state index contributed by atoms with van der Waals surface area (Å²) in [5.74, 6) is -0.405. The number of nitrogens with one attached hydrogen (secondary N) is 2. The van der Waals surface area contributed by atoms with Crippen LogP contribution in [0.25, 0.3) is 44.7 Å². The smallest absolute Gasteiger partial charge is 0.357 e. The van der Waals surface area contributed by atoms with Crippen molar-refractivity contribution in [2.24, 2.45) is 0 Å². The van der Waals surface area contributed by atoms with Crippen LogP contribution in [0.3, 0.4) is 0 Å². The zero-order valence-electron chi connectivity index (χ0n) is 19.7. The molecule has 8 heteroatoms. The van der Waals surface area contributed by atoms with Crippen LogP contribution in [0.1, 0.15) is 22.6 Å². The Balaban J connectivity index is 1.33. The third kappa shape index (κ3) is 4.34. The Hall–Kier alpha value is -4.43. The average Bonchev–Trinajstić information content (AvgIpc) is 3.61. The molecule has 1 aromatic carbocycles. The fourth-order valence-corrected chi connectivity index (χ4v) is 4.49. The topological polar surface area (TPSA) is 106 Å². The third-order valence-corrected chi connectivity index (χ3v) is 6.33. The Morgan fingerprint density at radius 2 is 1.92 bits per heavy atom. The first-order chi connectivity index (χ1) is 17.6. The lowest BCUT2D eigenvalue weighted by molar-refractivity contribution is 0.0337. The summed E-state index contributed by atoms with van der Waals surface area (Å²) in [6.07, 6.45) is 5.84. The van der Waals surface area contributed by atoms with Gasteiger partial charge in [0.1, 0.15) is 11.8 Å². The molecule has 1 saturated heterocycles. The number of H-pyrrole nitrogens is 1. The first-order valence-corrected chi connectivity index (χ1v) is 11.9. The van der Waals surface area contributed by atoms with Gasteiger partial charge in [0.2, 0.25) is 0 Å². The van der Waals surface area contributed by atoms with Crippen molar-refractivity contribution in [1.82, 2.24) is 30.2 Å². The van der Waals surface area contributed by atoms with Crippen molar-refractivity contribution in [3.8, 4) is 33.8 Å². The van der Waals surface area contributed by atoms with Gasteiger partial charge in [0.25, 0.3) is 0 Å². The van der Waals surface area contributed by atoms with Crippen molar-refractivity contribution in [2.45, 2.75) is 19.4 Å². The number of carbonyl (C=O) groups is 1. The molecule has 0 radical (unpaired) electrons. The van der Waals surface area contributed by atoms with Crippen LogP contribution in [0, 0.1) is 6.92 Å². The molecule has 5 aromatic rings. The van der Waals surface area contributed by atoms with Crippen molar-refractivity contribution in [3.63, 3.8) is 0 Å². The van der Waals surface area contributed by atoms with Crippen LogP contribution in [0.5, 0.6) is 0 Å². The van der Waals surface area contributed by atoms with E-state index in [-0.39, 0.29) is 6.10 Å². The molecule has 0 spiro atoms. The van der Waals surface area contributed by atoms with Gasteiger partial charge in [-0.25, -0.2) is 14.8 Å². The molecule has 0 amide bonds. The number of ether oxygens (including phenoxy) is 1. The predicted octanol–water partition coefficient (Wildman–Crippen LogP) is 4.58. The number of aromatic nitrogens is 5. The lowest BCUT2D eigenvalue weighted by Gasteiger charge is -2.11. The van der Waals surface area contributed by atoms with Gasteiger partial charge in [-0.15, -0.1) is 0 Å². The molecule has 6 rings (SSSR count). The zero-order chi connectivity index (χ0) is 24.5. The molecule has 0 aliphatic carbocycles. The Labute approximate surface area is 207 Å². The Kier molecular flexibility index (Phi) is 5.71. The minimum atomic E-state index is -0.405. The van der Waals surface area contributed by atoms with Gasteiger partial charge in [0.15, 0.2) is 0 Å². The number of rotatable bonds is 5. The molecule has 1 atom stereocenters. The molecule has 5 heterocycles. The number of aromatic amines is 1. The normalized spacial score (nSPS) is 15.3. The lowest BCUT2D eigenvalue weighted by Crippen LogP contribution is -2.21. The highest BCUT2D eigenvalue weighted by Gasteiger charge is 2.21. The summed E-state index contributed by atoms with van der Waals surface area (Å²) in [4.78, 5) is 33.9. The molecule has 2 N–H and O–H groups in total. The number of nitrogens with zero attached hydrogens (tertiary/aromatic N) is 4. The summed E-state index contributed by atoms with van der Waals surface area (Å²) in [6.45, 7) is 3.51. The van der Waals surface area contributed by atoms with Crippen LogP contribution in [-0.2, 0) is 4.74 Å². The second-order valence-corrected chi connectivity index (χ2v) is 8.87. The second kappa shape index (κ2) is 9.31. The molecule has 178 valence electrons. The largest absolute Gasteiger partial charge is 0.456 e. The van der Waals surface area contributed by atoms with E-state index < -0.39 is 5.97 Å². The number of benzene rings is 1. The maximum Gasteiger partial charge on any atom is 0.357 e. The highest BCUT2D eigenvalue weighted by molar-refractivity contribution is 5.91. The monoisotopic (exact) mass is 476 g/mol. The molecule has 36 heavy (non-hydrogen) atoms. The summed E-state index contributed by atoms with van der Waals surface area (Å²) in [5.41, 5.74) is 7.36. The van der Waals surface area contributed by atoms with Crippen molar-refractivity contribution in [3.05, 3.63) is 84.7 Å². The minimum Gasteiger partial charge on any atom is -0.456 e. The van der Waals surface area contributed by atoms with E-state index in [1.54, 1.807) is 18.6 Å². The SMILES string of the molecule is Cc1cccc(-c2[nH]cnc2-c2ccc3ncc(-c4ccnc(C(=O)O[C@@H]5CCNC5)c4)cc3c2)n1. The Morgan fingerprint density at radius 3 is 2.78 bits per heavy atom. The average molecular weight is 477 g/mol. The summed E-state index contributed by atoms with van der Waals surface area (Å²) in [5, 5.41) is 4.16. The molecule has 0 saturated carbocycles. The molecule has 8 nitrogen and oxygen atoms in total. The summed E-state index contributed by atoms with van der Waals surface area (Å²) in [6, 6.07) is 17.7. The van der Waals surface area contributed by atoms with Crippen LogP contribution in [0.15, 0.2) is 73.3 Å². The summed E-state index contributed by atoms with van der Waals surface area (Å²) >= 11 is 0. The highest BCUT2D eigenvalue weighted by Crippen LogP contribution is 2.31. The van der Waals surface area contributed by atoms with E-state index in [4.69, 9.17) is 4.74 Å². The van der Waals surface area contributed by atoms with E-state index in [9.17, 15) is 4.79 Å². The molecule has 4 aromatic heterocycles. The number of fused-ring (bicyclic) bond motifs is 1. The molecule has 1 fully saturated rings. The van der Waals surface area contributed by atoms with Crippen molar-refractivity contribution < 1.29 is 9.53 Å². The molecular weight excluding hydrogens is 452 g/mol. The first kappa shape index (κ1) is 22.1. The van der Waals surface area contributed by atoms with E-state index in [0.717, 1.165) is 63.3 Å². The first-order valence-electron chi connectivity index (χ1n) is 11.9. The van der Waals surface area contributed by atoms with Crippen LogP contribution >= 0.6 is 0 Å². The fourth-order valence-electron chi connectivity index (χ4n) is 4.49. The number of esters is 1. The van der Waals surface area contributed by atoms with Crippen LogP contribution in [-0.4, -0.2) is 50.1 Å². The summed E-state index contributed by atoms with van der Waals surface area (Å²) in [7, 11) is 0. The van der Waals surface area contributed by atoms with Gasteiger partial charge in [-0.05, 0) is 67.9 Å². The van der Waals surface area contributed by atoms with E-state index in [0.29, 0.717) is 12.2 Å². The van der Waals surface area contributed by atoms with Gasteiger partial charge >= 0.3 is 5.97 Å². The van der Waals surface area contributed by atoms with Crippen LogP contribution in [0.4, 0.5) is 0 Å². The number of hydrogen-bond acceptors (Lipinski definition) is 7.